The topological polar surface area (TPSA) is 89.9 Å². The monoisotopic (exact) mass is 316 g/mol. The van der Waals surface area contributed by atoms with Gasteiger partial charge in [-0.3, -0.25) is 0 Å². The predicted molar refractivity (Wildman–Crippen MR) is 87.3 cm³/mol. The average Bonchev–Trinajstić information content (AvgIpc) is 2.45. The number of carboxylic acids is 2. The van der Waals surface area contributed by atoms with E-state index in [1.165, 1.54) is 0 Å². The van der Waals surface area contributed by atoms with Crippen molar-refractivity contribution >= 4 is 17.6 Å². The number of benzene rings is 1. The molecular formula is C17H20N2O4. The first-order valence-electron chi connectivity index (χ1n) is 7.16. The van der Waals surface area contributed by atoms with E-state index in [0.29, 0.717) is 17.0 Å². The van der Waals surface area contributed by atoms with Gasteiger partial charge in [-0.2, -0.15) is 0 Å². The van der Waals surface area contributed by atoms with Crippen molar-refractivity contribution in [3.8, 4) is 0 Å². The number of anilines is 1. The van der Waals surface area contributed by atoms with Gasteiger partial charge < -0.3 is 20.4 Å². The van der Waals surface area contributed by atoms with E-state index in [9.17, 15) is 19.8 Å². The number of allylic oxidation sites excluding steroid dienone is 2. The van der Waals surface area contributed by atoms with E-state index >= 15 is 0 Å². The van der Waals surface area contributed by atoms with Gasteiger partial charge in [0.2, 0.25) is 0 Å². The second-order valence-corrected chi connectivity index (χ2v) is 5.73. The molecule has 0 unspecified atom stereocenters. The molecule has 122 valence electrons. The van der Waals surface area contributed by atoms with E-state index in [1.807, 2.05) is 31.1 Å². The molecule has 0 saturated carbocycles. The first kappa shape index (κ1) is 16.6. The summed E-state index contributed by atoms with van der Waals surface area (Å²) in [6.07, 6.45) is 0. The summed E-state index contributed by atoms with van der Waals surface area (Å²) in [5.74, 6) is -3.05. The summed E-state index contributed by atoms with van der Waals surface area (Å²) in [6.45, 7) is 3.29. The maximum absolute atomic E-state index is 11.7. The smallest absolute Gasteiger partial charge is 0.334 e. The van der Waals surface area contributed by atoms with Crippen LogP contribution in [0.15, 0.2) is 46.8 Å². The van der Waals surface area contributed by atoms with Crippen LogP contribution in [0.5, 0.6) is 0 Å². The Balaban J connectivity index is 2.62. The fourth-order valence-electron chi connectivity index (χ4n) is 2.86. The minimum atomic E-state index is -1.12. The molecule has 6 nitrogen and oxygen atoms in total. The van der Waals surface area contributed by atoms with Crippen molar-refractivity contribution in [2.75, 3.05) is 19.0 Å². The molecular weight excluding hydrogens is 296 g/mol. The lowest BCUT2D eigenvalue weighted by Gasteiger charge is -2.29. The van der Waals surface area contributed by atoms with Crippen LogP contribution in [0.25, 0.3) is 0 Å². The number of dihydropyridines is 1. The third-order valence-electron chi connectivity index (χ3n) is 3.96. The van der Waals surface area contributed by atoms with Crippen LogP contribution in [0.4, 0.5) is 5.69 Å². The highest BCUT2D eigenvalue weighted by atomic mass is 16.4. The van der Waals surface area contributed by atoms with Crippen LogP contribution in [-0.2, 0) is 9.59 Å². The zero-order valence-corrected chi connectivity index (χ0v) is 13.5. The predicted octanol–water partition coefficient (Wildman–Crippen LogP) is 2.16. The summed E-state index contributed by atoms with van der Waals surface area (Å²) < 4.78 is 0. The molecule has 23 heavy (non-hydrogen) atoms. The molecule has 3 N–H and O–H groups in total. The molecule has 6 heteroatoms. The molecule has 1 aromatic carbocycles. The maximum Gasteiger partial charge on any atom is 0.334 e. The quantitative estimate of drug-likeness (QED) is 0.788. The van der Waals surface area contributed by atoms with Crippen molar-refractivity contribution in [1.29, 1.82) is 0 Å². The minimum absolute atomic E-state index is 0.0607. The summed E-state index contributed by atoms with van der Waals surface area (Å²) >= 11 is 0. The Hall–Kier alpha value is -2.76. The van der Waals surface area contributed by atoms with Gasteiger partial charge in [0, 0.05) is 31.2 Å². The number of nitrogens with zero attached hydrogens (tertiary/aromatic N) is 1. The number of hydrogen-bond acceptors (Lipinski definition) is 4. The van der Waals surface area contributed by atoms with Crippen LogP contribution in [-0.4, -0.2) is 36.2 Å². The molecule has 0 spiro atoms. The van der Waals surface area contributed by atoms with E-state index in [4.69, 9.17) is 0 Å². The zero-order valence-electron chi connectivity index (χ0n) is 13.5. The molecule has 1 aromatic rings. The summed E-state index contributed by atoms with van der Waals surface area (Å²) in [6, 6.07) is 7.25. The number of nitrogens with one attached hydrogen (secondary N) is 1. The van der Waals surface area contributed by atoms with E-state index in [1.54, 1.807) is 26.0 Å². The summed E-state index contributed by atoms with van der Waals surface area (Å²) in [5, 5.41) is 22.0. The number of carbonyl (C=O) groups is 2. The SMILES string of the molecule is CC1=C(C(=O)O)C(c2ccc(N(C)C)cc2)C(C(=O)O)=C(C)N1. The third kappa shape index (κ3) is 3.06. The highest BCUT2D eigenvalue weighted by Gasteiger charge is 2.36. The van der Waals surface area contributed by atoms with Gasteiger partial charge >= 0.3 is 11.9 Å². The van der Waals surface area contributed by atoms with Crippen LogP contribution in [0.2, 0.25) is 0 Å². The lowest BCUT2D eigenvalue weighted by molar-refractivity contribution is -0.133. The van der Waals surface area contributed by atoms with E-state index < -0.39 is 17.9 Å². The number of aliphatic carboxylic acids is 2. The van der Waals surface area contributed by atoms with Crippen molar-refractivity contribution < 1.29 is 19.8 Å². The van der Waals surface area contributed by atoms with Gasteiger partial charge in [-0.1, -0.05) is 12.1 Å². The molecule has 2 rings (SSSR count). The second-order valence-electron chi connectivity index (χ2n) is 5.73. The molecule has 0 aromatic heterocycles. The fraction of sp³-hybridized carbons (Fsp3) is 0.294. The summed E-state index contributed by atoms with van der Waals surface area (Å²) in [5.41, 5.74) is 2.64. The van der Waals surface area contributed by atoms with E-state index in [-0.39, 0.29) is 11.1 Å². The number of hydrogen-bond donors (Lipinski definition) is 3. The average molecular weight is 316 g/mol. The molecule has 0 amide bonds. The van der Waals surface area contributed by atoms with Crippen molar-refractivity contribution in [1.82, 2.24) is 5.32 Å². The Morgan fingerprint density at radius 2 is 1.39 bits per heavy atom. The van der Waals surface area contributed by atoms with Gasteiger partial charge in [-0.25, -0.2) is 9.59 Å². The van der Waals surface area contributed by atoms with Crippen LogP contribution in [0, 0.1) is 0 Å². The second kappa shape index (κ2) is 6.16. The van der Waals surface area contributed by atoms with E-state index in [2.05, 4.69) is 5.32 Å². The molecule has 0 bridgehead atoms. The Bertz CT molecular complexity index is 679. The Labute approximate surface area is 134 Å². The first-order valence-corrected chi connectivity index (χ1v) is 7.16. The third-order valence-corrected chi connectivity index (χ3v) is 3.96. The molecule has 0 saturated heterocycles. The normalized spacial score (nSPS) is 15.5. The lowest BCUT2D eigenvalue weighted by Crippen LogP contribution is -2.31. The van der Waals surface area contributed by atoms with Crippen molar-refractivity contribution in [3.63, 3.8) is 0 Å². The van der Waals surface area contributed by atoms with Gasteiger partial charge in [-0.15, -0.1) is 0 Å². The van der Waals surface area contributed by atoms with Gasteiger partial charge in [0.05, 0.1) is 17.1 Å². The van der Waals surface area contributed by atoms with Crippen LogP contribution >= 0.6 is 0 Å². The van der Waals surface area contributed by atoms with Gasteiger partial charge in [-0.05, 0) is 31.5 Å². The number of carboxylic acid groups (broad SMARTS) is 2. The molecule has 1 heterocycles. The fourth-order valence-corrected chi connectivity index (χ4v) is 2.86. The zero-order chi connectivity index (χ0) is 17.3. The standard InChI is InChI=1S/C17H20N2O4/c1-9-13(16(20)21)15(14(17(22)23)10(2)18-9)11-5-7-12(8-6-11)19(3)4/h5-8,15,18H,1-4H3,(H,20,21)(H,22,23). The molecule has 0 aliphatic carbocycles. The molecule has 0 fully saturated rings. The van der Waals surface area contributed by atoms with Crippen LogP contribution in [0.1, 0.15) is 25.3 Å². The van der Waals surface area contributed by atoms with Gasteiger partial charge in [0.25, 0.3) is 0 Å². The highest BCUT2D eigenvalue weighted by Crippen LogP contribution is 2.38. The molecule has 1 aliphatic heterocycles. The lowest BCUT2D eigenvalue weighted by atomic mass is 9.80. The Kier molecular flexibility index (Phi) is 4.45. The van der Waals surface area contributed by atoms with E-state index in [0.717, 1.165) is 5.69 Å². The Morgan fingerprint density at radius 3 is 1.74 bits per heavy atom. The summed E-state index contributed by atoms with van der Waals surface area (Å²) in [7, 11) is 3.80. The first-order chi connectivity index (χ1) is 10.7. The highest BCUT2D eigenvalue weighted by molar-refractivity contribution is 5.98. The van der Waals surface area contributed by atoms with Crippen molar-refractivity contribution in [2.45, 2.75) is 19.8 Å². The van der Waals surface area contributed by atoms with Crippen LogP contribution in [0.3, 0.4) is 0 Å². The molecule has 0 atom stereocenters. The Morgan fingerprint density at radius 1 is 0.957 bits per heavy atom. The maximum atomic E-state index is 11.7. The molecule has 0 radical (unpaired) electrons. The van der Waals surface area contributed by atoms with Crippen molar-refractivity contribution in [2.24, 2.45) is 0 Å². The van der Waals surface area contributed by atoms with Crippen molar-refractivity contribution in [3.05, 3.63) is 52.4 Å². The number of rotatable bonds is 4. The largest absolute Gasteiger partial charge is 0.478 e. The van der Waals surface area contributed by atoms with Crippen LogP contribution < -0.4 is 10.2 Å². The molecule has 1 aliphatic rings. The van der Waals surface area contributed by atoms with Gasteiger partial charge in [0.1, 0.15) is 0 Å². The minimum Gasteiger partial charge on any atom is -0.478 e. The summed E-state index contributed by atoms with van der Waals surface area (Å²) in [4.78, 5) is 25.3. The van der Waals surface area contributed by atoms with Gasteiger partial charge in [0.15, 0.2) is 0 Å².